The molecule has 18 heavy (non-hydrogen) atoms. The predicted octanol–water partition coefficient (Wildman–Crippen LogP) is 2.88. The van der Waals surface area contributed by atoms with Crippen LogP contribution in [0.25, 0.3) is 0 Å². The molecule has 0 amide bonds. The fourth-order valence-corrected chi connectivity index (χ4v) is 3.59. The highest BCUT2D eigenvalue weighted by Gasteiger charge is 2.21. The Morgan fingerprint density at radius 1 is 1.50 bits per heavy atom. The molecule has 1 saturated heterocycles. The molecule has 1 unspecified atom stereocenters. The monoisotopic (exact) mass is 268 g/mol. The SMILES string of the molecule is CCNCc1cc(F)ccc1N(C)C1CCSC1. The van der Waals surface area contributed by atoms with E-state index >= 15 is 0 Å². The molecule has 0 radical (unpaired) electrons. The Balaban J connectivity index is 2.18. The van der Waals surface area contributed by atoms with Crippen molar-refractivity contribution in [3.63, 3.8) is 0 Å². The van der Waals surface area contributed by atoms with Crippen LogP contribution in [0.3, 0.4) is 0 Å². The molecule has 100 valence electrons. The predicted molar refractivity (Wildman–Crippen MR) is 77.9 cm³/mol. The Morgan fingerprint density at radius 2 is 2.33 bits per heavy atom. The fraction of sp³-hybridized carbons (Fsp3) is 0.571. The minimum Gasteiger partial charge on any atom is -0.370 e. The van der Waals surface area contributed by atoms with E-state index in [4.69, 9.17) is 0 Å². The lowest BCUT2D eigenvalue weighted by Gasteiger charge is -2.28. The first-order valence-corrected chi connectivity index (χ1v) is 7.67. The second kappa shape index (κ2) is 6.43. The number of nitrogens with one attached hydrogen (secondary N) is 1. The molecule has 0 spiro atoms. The molecule has 2 nitrogen and oxygen atoms in total. The summed E-state index contributed by atoms with van der Waals surface area (Å²) in [6.07, 6.45) is 1.22. The van der Waals surface area contributed by atoms with Gasteiger partial charge in [0, 0.05) is 31.1 Å². The molecule has 0 saturated carbocycles. The Labute approximate surface area is 113 Å². The molecule has 0 aromatic heterocycles. The number of thioether (sulfide) groups is 1. The van der Waals surface area contributed by atoms with E-state index in [-0.39, 0.29) is 5.82 Å². The maximum atomic E-state index is 13.4. The molecule has 0 aliphatic carbocycles. The van der Waals surface area contributed by atoms with Gasteiger partial charge in [0.2, 0.25) is 0 Å². The van der Waals surface area contributed by atoms with Crippen LogP contribution in [0.2, 0.25) is 0 Å². The van der Waals surface area contributed by atoms with Crippen molar-refractivity contribution in [1.29, 1.82) is 0 Å². The van der Waals surface area contributed by atoms with Crippen molar-refractivity contribution in [2.75, 3.05) is 30.0 Å². The van der Waals surface area contributed by atoms with Gasteiger partial charge in [0.15, 0.2) is 0 Å². The van der Waals surface area contributed by atoms with Gasteiger partial charge in [-0.1, -0.05) is 6.92 Å². The zero-order valence-corrected chi connectivity index (χ0v) is 11.9. The minimum absolute atomic E-state index is 0.152. The van der Waals surface area contributed by atoms with Crippen LogP contribution in [-0.4, -0.2) is 31.1 Å². The van der Waals surface area contributed by atoms with Gasteiger partial charge in [0.1, 0.15) is 5.82 Å². The van der Waals surface area contributed by atoms with Crippen LogP contribution in [0.1, 0.15) is 18.9 Å². The Morgan fingerprint density at radius 3 is 3.00 bits per heavy atom. The van der Waals surface area contributed by atoms with Gasteiger partial charge in [0.25, 0.3) is 0 Å². The number of hydrogen-bond donors (Lipinski definition) is 1. The summed E-state index contributed by atoms with van der Waals surface area (Å²) >= 11 is 2.00. The number of hydrogen-bond acceptors (Lipinski definition) is 3. The summed E-state index contributed by atoms with van der Waals surface area (Å²) in [6, 6.07) is 5.70. The van der Waals surface area contributed by atoms with Crippen molar-refractivity contribution in [3.05, 3.63) is 29.6 Å². The lowest BCUT2D eigenvalue weighted by molar-refractivity contribution is 0.619. The number of anilines is 1. The molecular formula is C14H21FN2S. The number of halogens is 1. The molecule has 0 bridgehead atoms. The summed E-state index contributed by atoms with van der Waals surface area (Å²) in [5, 5.41) is 3.28. The first-order chi connectivity index (χ1) is 8.72. The molecule has 1 fully saturated rings. The summed E-state index contributed by atoms with van der Waals surface area (Å²) in [5.74, 6) is 2.26. The summed E-state index contributed by atoms with van der Waals surface area (Å²) in [6.45, 7) is 3.70. The van der Waals surface area contributed by atoms with E-state index in [1.807, 2.05) is 17.8 Å². The van der Waals surface area contributed by atoms with Gasteiger partial charge in [-0.05, 0) is 42.5 Å². The molecule has 1 N–H and O–H groups in total. The van der Waals surface area contributed by atoms with Crippen molar-refractivity contribution >= 4 is 17.4 Å². The highest BCUT2D eigenvalue weighted by atomic mass is 32.2. The molecule has 1 heterocycles. The molecule has 1 aromatic carbocycles. The summed E-state index contributed by atoms with van der Waals surface area (Å²) in [5.41, 5.74) is 2.21. The van der Waals surface area contributed by atoms with Crippen LogP contribution in [-0.2, 0) is 6.54 Å². The fourth-order valence-electron chi connectivity index (χ4n) is 2.32. The third kappa shape index (κ3) is 3.18. The average molecular weight is 268 g/mol. The quantitative estimate of drug-likeness (QED) is 0.884. The van der Waals surface area contributed by atoms with Crippen molar-refractivity contribution in [2.45, 2.75) is 25.9 Å². The van der Waals surface area contributed by atoms with Gasteiger partial charge in [0.05, 0.1) is 0 Å². The van der Waals surface area contributed by atoms with Crippen molar-refractivity contribution in [2.24, 2.45) is 0 Å². The van der Waals surface area contributed by atoms with Crippen LogP contribution in [0.15, 0.2) is 18.2 Å². The third-order valence-corrected chi connectivity index (χ3v) is 4.59. The Bertz CT molecular complexity index is 391. The van der Waals surface area contributed by atoms with Crippen LogP contribution in [0.4, 0.5) is 10.1 Å². The lowest BCUT2D eigenvalue weighted by atomic mass is 10.1. The number of nitrogens with zero attached hydrogens (tertiary/aromatic N) is 1. The summed E-state index contributed by atoms with van der Waals surface area (Å²) in [4.78, 5) is 2.31. The van der Waals surface area contributed by atoms with E-state index < -0.39 is 0 Å². The zero-order valence-electron chi connectivity index (χ0n) is 11.1. The van der Waals surface area contributed by atoms with Gasteiger partial charge < -0.3 is 10.2 Å². The highest BCUT2D eigenvalue weighted by Crippen LogP contribution is 2.28. The molecule has 1 atom stereocenters. The van der Waals surface area contributed by atoms with Crippen molar-refractivity contribution < 1.29 is 4.39 Å². The van der Waals surface area contributed by atoms with Crippen LogP contribution < -0.4 is 10.2 Å². The Kier molecular flexibility index (Phi) is 4.89. The maximum Gasteiger partial charge on any atom is 0.123 e. The van der Waals surface area contributed by atoms with Gasteiger partial charge in [-0.3, -0.25) is 0 Å². The lowest BCUT2D eigenvalue weighted by Crippen LogP contribution is -2.32. The minimum atomic E-state index is -0.152. The zero-order chi connectivity index (χ0) is 13.0. The second-order valence-electron chi connectivity index (χ2n) is 4.68. The van der Waals surface area contributed by atoms with E-state index in [1.165, 1.54) is 17.9 Å². The molecule has 1 aliphatic heterocycles. The van der Waals surface area contributed by atoms with Gasteiger partial charge in [-0.2, -0.15) is 11.8 Å². The smallest absolute Gasteiger partial charge is 0.123 e. The standard InChI is InChI=1S/C14H21FN2S/c1-3-16-9-11-8-12(15)4-5-14(11)17(2)13-6-7-18-10-13/h4-5,8,13,16H,3,6-7,9-10H2,1-2H3. The first kappa shape index (κ1) is 13.7. The van der Waals surface area contributed by atoms with E-state index in [1.54, 1.807) is 12.1 Å². The summed E-state index contributed by atoms with van der Waals surface area (Å²) in [7, 11) is 2.12. The van der Waals surface area contributed by atoms with E-state index in [0.717, 1.165) is 24.3 Å². The Hall–Kier alpha value is -0.740. The largest absolute Gasteiger partial charge is 0.370 e. The van der Waals surface area contributed by atoms with Gasteiger partial charge in [-0.25, -0.2) is 4.39 Å². The number of benzene rings is 1. The molecular weight excluding hydrogens is 247 g/mol. The summed E-state index contributed by atoms with van der Waals surface area (Å²) < 4.78 is 13.4. The van der Waals surface area contributed by atoms with Crippen LogP contribution >= 0.6 is 11.8 Å². The van der Waals surface area contributed by atoms with Crippen LogP contribution in [0.5, 0.6) is 0 Å². The molecule has 1 aliphatic rings. The van der Waals surface area contributed by atoms with Gasteiger partial charge >= 0.3 is 0 Å². The van der Waals surface area contributed by atoms with Crippen LogP contribution in [0, 0.1) is 5.82 Å². The second-order valence-corrected chi connectivity index (χ2v) is 5.83. The van der Waals surface area contributed by atoms with Crippen molar-refractivity contribution in [1.82, 2.24) is 5.32 Å². The molecule has 1 aromatic rings. The first-order valence-electron chi connectivity index (χ1n) is 6.52. The highest BCUT2D eigenvalue weighted by molar-refractivity contribution is 7.99. The molecule has 2 rings (SSSR count). The van der Waals surface area contributed by atoms with E-state index in [2.05, 4.69) is 24.2 Å². The van der Waals surface area contributed by atoms with Crippen molar-refractivity contribution in [3.8, 4) is 0 Å². The maximum absolute atomic E-state index is 13.4. The van der Waals surface area contributed by atoms with Gasteiger partial charge in [-0.15, -0.1) is 0 Å². The molecule has 4 heteroatoms. The van der Waals surface area contributed by atoms with E-state index in [0.29, 0.717) is 6.04 Å². The third-order valence-electron chi connectivity index (χ3n) is 3.44. The average Bonchev–Trinajstić information content (AvgIpc) is 2.89. The van der Waals surface area contributed by atoms with E-state index in [9.17, 15) is 4.39 Å². The topological polar surface area (TPSA) is 15.3 Å². The normalized spacial score (nSPS) is 19.2. The number of rotatable bonds is 5.